The van der Waals surface area contributed by atoms with Gasteiger partial charge in [-0.15, -0.1) is 0 Å². The van der Waals surface area contributed by atoms with Gasteiger partial charge in [0.1, 0.15) is 5.60 Å². The zero-order valence-corrected chi connectivity index (χ0v) is 23.7. The summed E-state index contributed by atoms with van der Waals surface area (Å²) in [6, 6.07) is 27.8. The summed E-state index contributed by atoms with van der Waals surface area (Å²) >= 11 is 0. The molecule has 0 atom stereocenters. The highest BCUT2D eigenvalue weighted by atomic mass is 32.2. The molecule has 0 unspecified atom stereocenters. The van der Waals surface area contributed by atoms with Crippen LogP contribution in [0.4, 0.5) is 4.79 Å². The molecule has 4 aromatic rings. The topological polar surface area (TPSA) is 110 Å². The number of aryl methyl sites for hydroxylation is 1. The largest absolute Gasteiger partial charge is 0.444 e. The number of ether oxygens (including phenoxy) is 1. The molecule has 8 nitrogen and oxygen atoms in total. The number of nitrogens with one attached hydrogen (secondary N) is 2. The lowest BCUT2D eigenvalue weighted by Crippen LogP contribution is -2.45. The molecule has 0 bridgehead atoms. The Morgan fingerprint density at radius 1 is 0.900 bits per heavy atom. The minimum Gasteiger partial charge on any atom is -0.444 e. The number of carbonyl (C=O) groups is 1. The van der Waals surface area contributed by atoms with E-state index < -0.39 is 21.7 Å². The smallest absolute Gasteiger partial charge is 0.414 e. The molecule has 0 radical (unpaired) electrons. The fourth-order valence-corrected chi connectivity index (χ4v) is 4.83. The molecule has 40 heavy (non-hydrogen) atoms. The monoisotopic (exact) mass is 556 g/mol. The van der Waals surface area contributed by atoms with Gasteiger partial charge in [0.25, 0.3) is 10.0 Å². The molecular formula is C31H32N4O4S. The Morgan fingerprint density at radius 3 is 2.15 bits per heavy atom. The third-order valence-electron chi connectivity index (χ3n) is 5.68. The Morgan fingerprint density at radius 2 is 1.52 bits per heavy atom. The van der Waals surface area contributed by atoms with Crippen molar-refractivity contribution in [1.29, 1.82) is 0 Å². The van der Waals surface area contributed by atoms with Gasteiger partial charge < -0.3 is 4.74 Å². The van der Waals surface area contributed by atoms with Crippen molar-refractivity contribution in [1.82, 2.24) is 15.0 Å². The van der Waals surface area contributed by atoms with Crippen molar-refractivity contribution in [3.63, 3.8) is 0 Å². The SMILES string of the molecule is Cc1ccc(-c2cc(CN=C(NC(=O)OC(C)(C)C)NS(=O)(=O)c3ccccc3)cnc2-c2ccccc2)cc1. The summed E-state index contributed by atoms with van der Waals surface area (Å²) in [5.41, 5.74) is 4.75. The van der Waals surface area contributed by atoms with Crippen LogP contribution in [-0.2, 0) is 21.3 Å². The van der Waals surface area contributed by atoms with Crippen molar-refractivity contribution in [2.45, 2.75) is 44.7 Å². The second kappa shape index (κ2) is 12.1. The standard InChI is InChI=1S/C31H32N4O4S/c1-22-15-17-24(18-16-22)27-19-23(20-32-28(27)25-11-7-5-8-12-25)21-33-29(34-30(36)39-31(2,3)4)35-40(37,38)26-13-9-6-10-14-26/h5-20H,21H2,1-4H3,(H2,33,34,35,36). The minimum atomic E-state index is -4.02. The molecule has 2 N–H and O–H groups in total. The highest BCUT2D eigenvalue weighted by Gasteiger charge is 2.21. The number of hydrogen-bond donors (Lipinski definition) is 2. The molecule has 0 saturated heterocycles. The Kier molecular flexibility index (Phi) is 8.64. The number of aliphatic imine (C=N–C) groups is 1. The Balaban J connectivity index is 1.69. The summed E-state index contributed by atoms with van der Waals surface area (Å²) in [4.78, 5) is 21.7. The van der Waals surface area contributed by atoms with Crippen LogP contribution >= 0.6 is 0 Å². The first-order chi connectivity index (χ1) is 19.0. The molecule has 0 aliphatic heterocycles. The summed E-state index contributed by atoms with van der Waals surface area (Å²) in [5, 5.41) is 2.44. The molecule has 1 heterocycles. The van der Waals surface area contributed by atoms with Crippen LogP contribution in [0.1, 0.15) is 31.9 Å². The van der Waals surface area contributed by atoms with Crippen molar-refractivity contribution in [3.05, 3.63) is 108 Å². The maximum absolute atomic E-state index is 13.0. The van der Waals surface area contributed by atoms with Crippen LogP contribution in [0.5, 0.6) is 0 Å². The number of nitrogens with zero attached hydrogens (tertiary/aromatic N) is 2. The van der Waals surface area contributed by atoms with Crippen LogP contribution < -0.4 is 10.0 Å². The van der Waals surface area contributed by atoms with Crippen molar-refractivity contribution >= 4 is 22.1 Å². The summed E-state index contributed by atoms with van der Waals surface area (Å²) < 4.78 is 33.7. The molecular weight excluding hydrogens is 524 g/mol. The highest BCUT2D eigenvalue weighted by molar-refractivity contribution is 7.90. The van der Waals surface area contributed by atoms with E-state index in [9.17, 15) is 13.2 Å². The number of alkyl carbamates (subject to hydrolysis) is 1. The Bertz CT molecular complexity index is 1600. The summed E-state index contributed by atoms with van der Waals surface area (Å²) in [5.74, 6) is -0.262. The number of pyridine rings is 1. The van der Waals surface area contributed by atoms with Gasteiger partial charge in [-0.05, 0) is 57.0 Å². The molecule has 206 valence electrons. The number of aromatic nitrogens is 1. The van der Waals surface area contributed by atoms with Gasteiger partial charge in [-0.3, -0.25) is 10.3 Å². The summed E-state index contributed by atoms with van der Waals surface area (Å²) in [7, 11) is -4.02. The predicted octanol–water partition coefficient (Wildman–Crippen LogP) is 6.08. The molecule has 3 aromatic carbocycles. The first-order valence-electron chi connectivity index (χ1n) is 12.7. The lowest BCUT2D eigenvalue weighted by atomic mass is 9.97. The highest BCUT2D eigenvalue weighted by Crippen LogP contribution is 2.31. The van der Waals surface area contributed by atoms with E-state index in [2.05, 4.69) is 15.0 Å². The number of carbonyl (C=O) groups excluding carboxylic acids is 1. The third-order valence-corrected chi connectivity index (χ3v) is 7.03. The molecule has 4 rings (SSSR count). The van der Waals surface area contributed by atoms with Crippen LogP contribution in [0.2, 0.25) is 0 Å². The van der Waals surface area contributed by atoms with Crippen LogP contribution in [-0.4, -0.2) is 31.1 Å². The fraction of sp³-hybridized carbons (Fsp3) is 0.194. The van der Waals surface area contributed by atoms with Gasteiger partial charge in [-0.2, -0.15) is 0 Å². The van der Waals surface area contributed by atoms with Crippen molar-refractivity contribution < 1.29 is 17.9 Å². The average molecular weight is 557 g/mol. The number of sulfonamides is 1. The Hall–Kier alpha value is -4.50. The van der Waals surface area contributed by atoms with Gasteiger partial charge in [0.2, 0.25) is 5.96 Å². The normalized spacial score (nSPS) is 12.1. The Labute approximate surface area is 235 Å². The van der Waals surface area contributed by atoms with E-state index in [0.717, 1.165) is 33.5 Å². The van der Waals surface area contributed by atoms with Gasteiger partial charge in [-0.1, -0.05) is 78.4 Å². The van der Waals surface area contributed by atoms with Gasteiger partial charge >= 0.3 is 6.09 Å². The predicted molar refractivity (Wildman–Crippen MR) is 157 cm³/mol. The van der Waals surface area contributed by atoms with E-state index in [0.29, 0.717) is 0 Å². The number of hydrogen-bond acceptors (Lipinski definition) is 6. The van der Waals surface area contributed by atoms with Crippen LogP contribution in [0.3, 0.4) is 0 Å². The van der Waals surface area contributed by atoms with E-state index in [1.54, 1.807) is 45.2 Å². The summed E-state index contributed by atoms with van der Waals surface area (Å²) in [6.45, 7) is 7.21. The second-order valence-corrected chi connectivity index (χ2v) is 11.9. The molecule has 0 saturated carbocycles. The van der Waals surface area contributed by atoms with E-state index >= 15 is 0 Å². The van der Waals surface area contributed by atoms with Crippen LogP contribution in [0.15, 0.2) is 107 Å². The van der Waals surface area contributed by atoms with E-state index in [4.69, 9.17) is 9.72 Å². The molecule has 0 aliphatic carbocycles. The van der Waals surface area contributed by atoms with E-state index in [-0.39, 0.29) is 17.4 Å². The minimum absolute atomic E-state index is 0.0317. The molecule has 0 aliphatic rings. The molecule has 9 heteroatoms. The average Bonchev–Trinajstić information content (AvgIpc) is 2.92. The zero-order chi connectivity index (χ0) is 28.8. The van der Waals surface area contributed by atoms with E-state index in [1.165, 1.54) is 12.1 Å². The van der Waals surface area contributed by atoms with Gasteiger partial charge in [0.15, 0.2) is 0 Å². The first kappa shape index (κ1) is 28.5. The summed E-state index contributed by atoms with van der Waals surface area (Å²) in [6.07, 6.45) is 0.861. The van der Waals surface area contributed by atoms with Crippen molar-refractivity contribution in [2.75, 3.05) is 0 Å². The lowest BCUT2D eigenvalue weighted by Gasteiger charge is -2.20. The fourth-order valence-electron chi connectivity index (χ4n) is 3.83. The zero-order valence-electron chi connectivity index (χ0n) is 22.9. The third kappa shape index (κ3) is 7.77. The maximum atomic E-state index is 13.0. The maximum Gasteiger partial charge on any atom is 0.414 e. The van der Waals surface area contributed by atoms with E-state index in [1.807, 2.05) is 67.6 Å². The number of benzene rings is 3. The second-order valence-electron chi connectivity index (χ2n) is 10.2. The molecule has 0 spiro atoms. The molecule has 0 fully saturated rings. The van der Waals surface area contributed by atoms with Crippen LogP contribution in [0.25, 0.3) is 22.4 Å². The number of guanidine groups is 1. The van der Waals surface area contributed by atoms with Gasteiger partial charge in [0, 0.05) is 17.3 Å². The molecule has 1 amide bonds. The van der Waals surface area contributed by atoms with Crippen LogP contribution in [0, 0.1) is 6.92 Å². The molecule has 1 aromatic heterocycles. The van der Waals surface area contributed by atoms with Crippen molar-refractivity contribution in [3.8, 4) is 22.4 Å². The number of amides is 1. The quantitative estimate of drug-likeness (QED) is 0.221. The van der Waals surface area contributed by atoms with Gasteiger partial charge in [-0.25, -0.2) is 22.9 Å². The van der Waals surface area contributed by atoms with Crippen molar-refractivity contribution in [2.24, 2.45) is 4.99 Å². The number of rotatable bonds is 6. The first-order valence-corrected chi connectivity index (χ1v) is 14.2. The van der Waals surface area contributed by atoms with Gasteiger partial charge in [0.05, 0.1) is 17.1 Å². The lowest BCUT2D eigenvalue weighted by molar-refractivity contribution is 0.0562.